The van der Waals surface area contributed by atoms with E-state index in [1.807, 2.05) is 24.3 Å². The maximum Gasteiger partial charge on any atom is 0.334 e. The molecular formula is C41H61N8O11P3. The summed E-state index contributed by atoms with van der Waals surface area (Å²) < 4.78 is 103. The topological polar surface area (TPSA) is 159 Å². The summed E-state index contributed by atoms with van der Waals surface area (Å²) in [6.07, 6.45) is 7.46. The zero-order valence-electron chi connectivity index (χ0n) is 36.3. The lowest BCUT2D eigenvalue weighted by atomic mass is 10.1. The van der Waals surface area contributed by atoms with E-state index in [0.717, 1.165) is 11.3 Å². The van der Waals surface area contributed by atoms with Gasteiger partial charge in [-0.15, -0.1) is 0 Å². The minimum Gasteiger partial charge on any atom is -0.493 e. The molecule has 8 saturated heterocycles. The largest absolute Gasteiger partial charge is 0.493 e. The summed E-state index contributed by atoms with van der Waals surface area (Å²) in [5.41, 5.74) is 1.02. The van der Waals surface area contributed by atoms with Crippen LogP contribution in [0.4, 0.5) is 0 Å². The molecule has 11 heterocycles. The van der Waals surface area contributed by atoms with E-state index in [0.29, 0.717) is 181 Å². The number of hydrogen-bond acceptors (Lipinski definition) is 19. The number of para-hydroxylation sites is 1. The molecule has 5 spiro atoms. The van der Waals surface area contributed by atoms with Crippen LogP contribution in [0.25, 0.3) is 0 Å². The Balaban J connectivity index is 1.09. The van der Waals surface area contributed by atoms with Crippen molar-refractivity contribution in [2.45, 2.75) is 87.6 Å². The molecule has 8 fully saturated rings. The summed E-state index contributed by atoms with van der Waals surface area (Å²) in [6.45, 7) is 11.4. The quantitative estimate of drug-likeness (QED) is 0.264. The van der Waals surface area contributed by atoms with Gasteiger partial charge in [-0.3, -0.25) is 0 Å². The Bertz CT molecular complexity index is 2000. The molecule has 0 aliphatic carbocycles. The average Bonchev–Trinajstić information content (AvgIpc) is 4.20. The number of ether oxygens (including phenoxy) is 9. The molecule has 0 amide bonds. The molecule has 1 atom stereocenters. The van der Waals surface area contributed by atoms with Gasteiger partial charge in [-0.05, 0) is 18.2 Å². The van der Waals surface area contributed by atoms with E-state index in [2.05, 4.69) is 29.4 Å². The van der Waals surface area contributed by atoms with Crippen LogP contribution in [0.1, 0.15) is 62.7 Å². The molecule has 0 N–H and O–H groups in total. The molecule has 63 heavy (non-hydrogen) atoms. The Kier molecular flexibility index (Phi) is 11.2. The van der Waals surface area contributed by atoms with E-state index in [9.17, 15) is 0 Å². The van der Waals surface area contributed by atoms with Gasteiger partial charge in [0.05, 0.1) is 72.8 Å². The fourth-order valence-electron chi connectivity index (χ4n) is 11.2. The minimum atomic E-state index is -3.42. The Hall–Kier alpha value is -1.73. The predicted molar refractivity (Wildman–Crippen MR) is 231 cm³/mol. The summed E-state index contributed by atoms with van der Waals surface area (Å²) >= 11 is 0. The fraction of sp³-hybridized carbons (Fsp3) is 0.756. The maximum absolute atomic E-state index is 7.72. The maximum atomic E-state index is 7.72. The van der Waals surface area contributed by atoms with E-state index in [1.54, 1.807) is 13.4 Å². The van der Waals surface area contributed by atoms with Gasteiger partial charge < -0.3 is 51.6 Å². The number of hydrogen-bond donors (Lipinski definition) is 0. The second-order valence-electron chi connectivity index (χ2n) is 18.0. The molecule has 0 bridgehead atoms. The van der Waals surface area contributed by atoms with Crippen molar-refractivity contribution < 1.29 is 51.6 Å². The van der Waals surface area contributed by atoms with Crippen LogP contribution in [0.3, 0.4) is 0 Å². The van der Waals surface area contributed by atoms with Crippen LogP contribution in [0.15, 0.2) is 54.6 Å². The zero-order valence-corrected chi connectivity index (χ0v) is 38.9. The second-order valence-corrected chi connectivity index (χ2v) is 26.4. The van der Waals surface area contributed by atoms with Gasteiger partial charge in [0.25, 0.3) is 0 Å². The summed E-state index contributed by atoms with van der Waals surface area (Å²) in [5.74, 6) is -0.199. The van der Waals surface area contributed by atoms with Crippen molar-refractivity contribution in [1.82, 2.24) is 23.4 Å². The molecular weight excluding hydrogens is 873 g/mol. The number of furan rings is 1. The van der Waals surface area contributed by atoms with E-state index in [1.165, 1.54) is 0 Å². The zero-order chi connectivity index (χ0) is 42.2. The van der Waals surface area contributed by atoms with Crippen LogP contribution in [0.2, 0.25) is 0 Å². The molecule has 22 heteroatoms. The lowest BCUT2D eigenvalue weighted by Gasteiger charge is -2.55. The first-order valence-corrected chi connectivity index (χ1v) is 27.7. The molecule has 0 radical (unpaired) electrons. The van der Waals surface area contributed by atoms with Crippen LogP contribution >= 0.6 is 22.6 Å². The molecule has 19 nitrogen and oxygen atoms in total. The van der Waals surface area contributed by atoms with E-state index < -0.39 is 45.7 Å². The van der Waals surface area contributed by atoms with Crippen molar-refractivity contribution in [3.8, 4) is 11.5 Å². The average molecular weight is 935 g/mol. The van der Waals surface area contributed by atoms with E-state index in [4.69, 9.17) is 65.1 Å². The lowest BCUT2D eigenvalue weighted by Crippen LogP contribution is -2.51. The van der Waals surface area contributed by atoms with Crippen molar-refractivity contribution in [1.29, 1.82) is 0 Å². The highest BCUT2D eigenvalue weighted by Gasteiger charge is 2.58. The molecule has 346 valence electrons. The Morgan fingerprint density at radius 2 is 0.968 bits per heavy atom. The third-order valence-corrected chi connectivity index (χ3v) is 26.4. The van der Waals surface area contributed by atoms with Crippen molar-refractivity contribution in [2.24, 2.45) is 13.5 Å². The lowest BCUT2D eigenvalue weighted by molar-refractivity contribution is -0.182. The molecule has 10 aliphatic heterocycles. The molecule has 12 rings (SSSR count). The summed E-state index contributed by atoms with van der Waals surface area (Å²) in [6, 6.07) is 10.1. The molecule has 1 unspecified atom stereocenters. The van der Waals surface area contributed by atoms with Crippen molar-refractivity contribution >= 4 is 22.6 Å². The molecule has 10 aliphatic rings. The monoisotopic (exact) mass is 934 g/mol. The predicted octanol–water partition coefficient (Wildman–Crippen LogP) is 6.89. The smallest absolute Gasteiger partial charge is 0.334 e. The third kappa shape index (κ3) is 7.40. The Morgan fingerprint density at radius 1 is 0.540 bits per heavy atom. The van der Waals surface area contributed by atoms with Crippen LogP contribution in [-0.4, -0.2) is 159 Å². The van der Waals surface area contributed by atoms with Crippen molar-refractivity contribution in [3.63, 3.8) is 0 Å². The van der Waals surface area contributed by atoms with Gasteiger partial charge in [0.15, 0.2) is 34.6 Å². The molecule has 0 saturated carbocycles. The first-order valence-electron chi connectivity index (χ1n) is 23.0. The molecule has 1 aromatic carbocycles. The van der Waals surface area contributed by atoms with Gasteiger partial charge in [0.1, 0.15) is 5.76 Å². The number of benzene rings is 1. The summed E-state index contributed by atoms with van der Waals surface area (Å²) in [7, 11) is -7.96. The van der Waals surface area contributed by atoms with Crippen LogP contribution in [0.5, 0.6) is 11.5 Å². The van der Waals surface area contributed by atoms with Crippen LogP contribution in [-0.2, 0) is 51.0 Å². The van der Waals surface area contributed by atoms with Crippen molar-refractivity contribution in [2.75, 3.05) is 112 Å². The van der Waals surface area contributed by atoms with Gasteiger partial charge in [-0.2, -0.15) is 13.5 Å². The number of methoxy groups -OCH3 is 1. The fourth-order valence-corrected chi connectivity index (χ4v) is 26.1. The minimum absolute atomic E-state index is 0.454. The highest BCUT2D eigenvalue weighted by Crippen LogP contribution is 2.84. The number of fused-ring (bicyclic) bond motifs is 1. The Morgan fingerprint density at radius 3 is 1.37 bits per heavy atom. The normalized spacial score (nSPS) is 32.5. The first-order chi connectivity index (χ1) is 30.8. The highest BCUT2D eigenvalue weighted by molar-refractivity contribution is 7.82. The number of nitrogens with zero attached hydrogens (tertiary/aromatic N) is 8. The SMILES string of the molecule is COc1cccc2c1OP1(=NP(N3CCC4(CC3)OCCO4)(N3CCC4(CC3)OCCO4)=NP(N3CCC4(CC3)OCCO4)(N3CCC4(CC3)OCCO4)=N1)N(Cc1ccco1)C2. The highest BCUT2D eigenvalue weighted by atomic mass is 31.3. The summed E-state index contributed by atoms with van der Waals surface area (Å²) in [4.78, 5) is 0. The number of rotatable bonds is 7. The molecule has 1 aromatic heterocycles. The van der Waals surface area contributed by atoms with Crippen LogP contribution in [0, 0.1) is 0 Å². The standard InChI is InChI=1S/C41H61N8O11P3/c1-50-36-6-2-4-34-32-49(33-35-5-3-23-51-35)63(60-37(34)36)43-61(45-15-7-38(8-16-45)52-24-25-53-38,46-17-9-39(10-18-46)54-26-27-55-39)42-62(44-63,47-19-11-40(12-20-47)56-28-29-57-40)48-21-13-41(14-22-48)58-30-31-59-41/h2-6,23H,7-22,24-33H2,1H3. The van der Waals surface area contributed by atoms with Gasteiger partial charge >= 0.3 is 7.58 Å². The van der Waals surface area contributed by atoms with Crippen LogP contribution < -0.4 is 9.26 Å². The van der Waals surface area contributed by atoms with Gasteiger partial charge in [0.2, 0.25) is 15.0 Å². The van der Waals surface area contributed by atoms with E-state index in [-0.39, 0.29) is 0 Å². The molecule has 2 aromatic rings. The van der Waals surface area contributed by atoms with Crippen molar-refractivity contribution in [3.05, 3.63) is 47.9 Å². The summed E-state index contributed by atoms with van der Waals surface area (Å²) in [5, 5.41) is 0. The second kappa shape index (κ2) is 16.5. The third-order valence-electron chi connectivity index (χ3n) is 14.6. The Labute approximate surface area is 369 Å². The van der Waals surface area contributed by atoms with Gasteiger partial charge in [0, 0.05) is 116 Å². The van der Waals surface area contributed by atoms with Gasteiger partial charge in [-0.25, -0.2) is 23.4 Å². The van der Waals surface area contributed by atoms with E-state index >= 15 is 0 Å². The van der Waals surface area contributed by atoms with Gasteiger partial charge in [-0.1, -0.05) is 12.1 Å². The number of piperidine rings is 4. The first kappa shape index (κ1) is 42.6.